The molecule has 5 heterocycles. The van der Waals surface area contributed by atoms with Gasteiger partial charge in [-0.2, -0.15) is 5.10 Å². The standard InChI is InChI=1S/C40H50BrN7O4/c1-25-19-31(20-26(2)35(25)32-9-10-34(49)44-37(32)50)47-15-11-40(12-16-47)13-17-48(18-14-40)38(51)28-7-5-27(6-8-28)29-21-30(24-45(3)23-29)43-33-22-42-46(4)39(52)36(33)41/h5-8,19-20,22,29-30,32,43H,9-18,21,23-24H2,1-4H3,(H,44,49,50). The zero-order chi connectivity index (χ0) is 36.7. The molecule has 3 atom stereocenters. The van der Waals surface area contributed by atoms with Crippen LogP contribution < -0.4 is 21.1 Å². The molecule has 2 aromatic carbocycles. The molecule has 3 aromatic rings. The zero-order valence-electron chi connectivity index (χ0n) is 30.7. The van der Waals surface area contributed by atoms with E-state index in [0.29, 0.717) is 28.9 Å². The monoisotopic (exact) mass is 771 g/mol. The van der Waals surface area contributed by atoms with E-state index in [4.69, 9.17) is 0 Å². The van der Waals surface area contributed by atoms with Crippen LogP contribution in [-0.2, 0) is 16.6 Å². The first kappa shape index (κ1) is 36.3. The number of aryl methyl sites for hydroxylation is 3. The average molecular weight is 773 g/mol. The fourth-order valence-corrected chi connectivity index (χ4v) is 9.63. The van der Waals surface area contributed by atoms with Crippen LogP contribution >= 0.6 is 15.9 Å². The van der Waals surface area contributed by atoms with E-state index < -0.39 is 0 Å². The van der Waals surface area contributed by atoms with E-state index in [1.807, 2.05) is 17.0 Å². The molecule has 0 bridgehead atoms. The number of carbonyl (C=O) groups is 3. The van der Waals surface area contributed by atoms with Crippen LogP contribution in [0.1, 0.15) is 89.4 Å². The Morgan fingerprint density at radius 3 is 2.25 bits per heavy atom. The van der Waals surface area contributed by atoms with Gasteiger partial charge in [0, 0.05) is 70.0 Å². The summed E-state index contributed by atoms with van der Waals surface area (Å²) in [7, 11) is 3.76. The smallest absolute Gasteiger partial charge is 0.282 e. The van der Waals surface area contributed by atoms with Crippen molar-refractivity contribution >= 4 is 45.0 Å². The van der Waals surface area contributed by atoms with E-state index >= 15 is 0 Å². The minimum atomic E-state index is -0.266. The van der Waals surface area contributed by atoms with Gasteiger partial charge in [0.2, 0.25) is 11.8 Å². The molecular weight excluding hydrogens is 722 g/mol. The highest BCUT2D eigenvalue weighted by atomic mass is 79.9. The molecule has 4 aliphatic heterocycles. The number of likely N-dealkylation sites (tertiary alicyclic amines) is 2. The van der Waals surface area contributed by atoms with Crippen LogP contribution in [0.5, 0.6) is 0 Å². The number of benzene rings is 2. The number of hydrogen-bond acceptors (Lipinski definition) is 8. The van der Waals surface area contributed by atoms with Gasteiger partial charge in [0.05, 0.1) is 17.8 Å². The molecule has 3 unspecified atom stereocenters. The van der Waals surface area contributed by atoms with Crippen molar-refractivity contribution in [1.29, 1.82) is 0 Å². The van der Waals surface area contributed by atoms with Crippen molar-refractivity contribution in [3.63, 3.8) is 0 Å². The predicted molar refractivity (Wildman–Crippen MR) is 206 cm³/mol. The molecule has 1 aromatic heterocycles. The van der Waals surface area contributed by atoms with Gasteiger partial charge in [-0.25, -0.2) is 4.68 Å². The fraction of sp³-hybridized carbons (Fsp3) is 0.525. The number of hydrogen-bond donors (Lipinski definition) is 2. The lowest BCUT2D eigenvalue weighted by Gasteiger charge is -2.47. The van der Waals surface area contributed by atoms with E-state index in [9.17, 15) is 19.2 Å². The summed E-state index contributed by atoms with van der Waals surface area (Å²) in [4.78, 5) is 57.1. The number of likely N-dealkylation sites (N-methyl/N-ethyl adjacent to an activating group) is 1. The number of nitrogens with one attached hydrogen (secondary N) is 2. The van der Waals surface area contributed by atoms with Gasteiger partial charge in [0.1, 0.15) is 4.47 Å². The fourth-order valence-electron chi connectivity index (χ4n) is 9.15. The predicted octanol–water partition coefficient (Wildman–Crippen LogP) is 5.10. The number of anilines is 2. The summed E-state index contributed by atoms with van der Waals surface area (Å²) >= 11 is 3.43. The van der Waals surface area contributed by atoms with E-state index in [1.165, 1.54) is 15.9 Å². The van der Waals surface area contributed by atoms with Crippen molar-refractivity contribution < 1.29 is 14.4 Å². The minimum absolute atomic E-state index is 0.115. The van der Waals surface area contributed by atoms with Gasteiger partial charge in [-0.15, -0.1) is 0 Å². The second kappa shape index (κ2) is 14.8. The maximum atomic E-state index is 13.6. The van der Waals surface area contributed by atoms with Gasteiger partial charge >= 0.3 is 0 Å². The Hall–Kier alpha value is -4.03. The number of carbonyl (C=O) groups excluding carboxylic acids is 3. The molecular formula is C40H50BrN7O4. The Morgan fingerprint density at radius 1 is 0.942 bits per heavy atom. The Balaban J connectivity index is 0.921. The summed E-state index contributed by atoms with van der Waals surface area (Å²) in [6.45, 7) is 9.49. The molecule has 2 N–H and O–H groups in total. The summed E-state index contributed by atoms with van der Waals surface area (Å²) in [6.07, 6.45) is 7.83. The van der Waals surface area contributed by atoms with Gasteiger partial charge in [-0.3, -0.25) is 24.5 Å². The maximum absolute atomic E-state index is 13.6. The third-order valence-electron chi connectivity index (χ3n) is 12.2. The highest BCUT2D eigenvalue weighted by molar-refractivity contribution is 9.10. The lowest BCUT2D eigenvalue weighted by Crippen LogP contribution is -2.48. The Labute approximate surface area is 314 Å². The third-order valence-corrected chi connectivity index (χ3v) is 12.9. The zero-order valence-corrected chi connectivity index (χ0v) is 32.3. The Morgan fingerprint density at radius 2 is 1.60 bits per heavy atom. The van der Waals surface area contributed by atoms with Crippen molar-refractivity contribution in [2.24, 2.45) is 12.5 Å². The largest absolute Gasteiger partial charge is 0.379 e. The molecule has 52 heavy (non-hydrogen) atoms. The minimum Gasteiger partial charge on any atom is -0.379 e. The van der Waals surface area contributed by atoms with Crippen LogP contribution in [0, 0.1) is 19.3 Å². The lowest BCUT2D eigenvalue weighted by atomic mass is 9.71. The first-order valence-electron chi connectivity index (χ1n) is 18.7. The highest BCUT2D eigenvalue weighted by Gasteiger charge is 2.39. The topological polar surface area (TPSA) is 120 Å². The highest BCUT2D eigenvalue weighted by Crippen LogP contribution is 2.43. The number of aromatic nitrogens is 2. The van der Waals surface area contributed by atoms with Crippen LogP contribution in [0.2, 0.25) is 0 Å². The molecule has 4 fully saturated rings. The van der Waals surface area contributed by atoms with Crippen LogP contribution in [0.3, 0.4) is 0 Å². The van der Waals surface area contributed by atoms with Crippen LogP contribution in [0.4, 0.5) is 11.4 Å². The van der Waals surface area contributed by atoms with E-state index in [-0.39, 0.29) is 40.7 Å². The van der Waals surface area contributed by atoms with Crippen LogP contribution in [0.25, 0.3) is 0 Å². The SMILES string of the molecule is Cc1cc(N2CCC3(CCN(C(=O)c4ccc(C5CC(Nc6cnn(C)c(=O)c6Br)CN(C)C5)cc4)CC3)CC2)cc(C)c1C1CCC(=O)NC1=O. The maximum Gasteiger partial charge on any atom is 0.282 e. The van der Waals surface area contributed by atoms with Crippen molar-refractivity contribution in [2.75, 3.05) is 56.5 Å². The van der Waals surface area contributed by atoms with Gasteiger partial charge in [0.25, 0.3) is 11.5 Å². The number of piperidine rings is 4. The molecule has 12 heteroatoms. The lowest BCUT2D eigenvalue weighted by molar-refractivity contribution is -0.134. The molecule has 3 amide bonds. The average Bonchev–Trinajstić information content (AvgIpc) is 3.12. The quantitative estimate of drug-likeness (QED) is 0.333. The number of halogens is 1. The Bertz CT molecular complexity index is 1890. The number of nitrogens with zero attached hydrogens (tertiary/aromatic N) is 5. The molecule has 0 aliphatic carbocycles. The van der Waals surface area contributed by atoms with Crippen molar-refractivity contribution in [3.8, 4) is 0 Å². The van der Waals surface area contributed by atoms with E-state index in [0.717, 1.165) is 93.6 Å². The number of amides is 3. The van der Waals surface area contributed by atoms with Gasteiger partial charge in [0.15, 0.2) is 0 Å². The molecule has 1 spiro atoms. The van der Waals surface area contributed by atoms with Gasteiger partial charge in [-0.05, 0) is 133 Å². The summed E-state index contributed by atoms with van der Waals surface area (Å²) in [5, 5.41) is 10.2. The van der Waals surface area contributed by atoms with Gasteiger partial charge < -0.3 is 20.0 Å². The van der Waals surface area contributed by atoms with Crippen molar-refractivity contribution in [1.82, 2.24) is 24.9 Å². The second-order valence-electron chi connectivity index (χ2n) is 15.7. The number of imide groups is 1. The molecule has 0 saturated carbocycles. The normalized spacial score (nSPS) is 23.8. The molecule has 4 saturated heterocycles. The number of rotatable bonds is 6. The van der Waals surface area contributed by atoms with Crippen molar-refractivity contribution in [2.45, 2.75) is 76.7 Å². The second-order valence-corrected chi connectivity index (χ2v) is 16.5. The first-order chi connectivity index (χ1) is 24.9. The van der Waals surface area contributed by atoms with Crippen LogP contribution in [0.15, 0.2) is 51.9 Å². The van der Waals surface area contributed by atoms with Crippen LogP contribution in [-0.4, -0.2) is 89.7 Å². The molecule has 7 rings (SSSR count). The first-order valence-corrected chi connectivity index (χ1v) is 19.4. The summed E-state index contributed by atoms with van der Waals surface area (Å²) in [5.41, 5.74) is 7.26. The molecule has 11 nitrogen and oxygen atoms in total. The molecule has 4 aliphatic rings. The molecule has 276 valence electrons. The molecule has 0 radical (unpaired) electrons. The summed E-state index contributed by atoms with van der Waals surface area (Å²) < 4.78 is 1.81. The Kier molecular flexibility index (Phi) is 10.3. The van der Waals surface area contributed by atoms with E-state index in [1.54, 1.807) is 13.2 Å². The summed E-state index contributed by atoms with van der Waals surface area (Å²) in [6, 6.07) is 12.8. The van der Waals surface area contributed by atoms with E-state index in [2.05, 4.69) is 86.6 Å². The summed E-state index contributed by atoms with van der Waals surface area (Å²) in [5.74, 6) is -0.213. The third kappa shape index (κ3) is 7.42. The van der Waals surface area contributed by atoms with Gasteiger partial charge in [-0.1, -0.05) is 12.1 Å². The van der Waals surface area contributed by atoms with Crippen molar-refractivity contribution in [3.05, 3.63) is 85.2 Å².